The van der Waals surface area contributed by atoms with Crippen LogP contribution in [0.15, 0.2) is 30.5 Å². The number of rotatable bonds is 13. The lowest BCUT2D eigenvalue weighted by atomic mass is 9.88. The quantitative estimate of drug-likeness (QED) is 0.162. The van der Waals surface area contributed by atoms with Gasteiger partial charge in [0.1, 0.15) is 23.5 Å². The highest BCUT2D eigenvalue weighted by atomic mass is 19.1. The zero-order valence-corrected chi connectivity index (χ0v) is 29.4. The molecule has 2 N–H and O–H groups in total. The summed E-state index contributed by atoms with van der Waals surface area (Å²) in [6.45, 7) is 16.5. The van der Waals surface area contributed by atoms with Crippen molar-refractivity contribution in [1.29, 1.82) is 0 Å². The van der Waals surface area contributed by atoms with Gasteiger partial charge >= 0.3 is 12.0 Å². The first-order chi connectivity index (χ1) is 22.7. The number of hydrogen-bond acceptors (Lipinski definition) is 7. The van der Waals surface area contributed by atoms with Crippen LogP contribution in [0.4, 0.5) is 13.6 Å². The van der Waals surface area contributed by atoms with Gasteiger partial charge in [0.15, 0.2) is 0 Å². The molecule has 3 aromatic rings. The minimum absolute atomic E-state index is 0.00416. The minimum Gasteiger partial charge on any atom is -0.466 e. The number of nitrogens with one attached hydrogen (secondary N) is 2. The zero-order chi connectivity index (χ0) is 35.3. The Morgan fingerprint density at radius 2 is 1.75 bits per heavy atom. The van der Waals surface area contributed by atoms with Gasteiger partial charge in [-0.05, 0) is 118 Å². The Hall–Kier alpha value is -3.96. The first-order valence-electron chi connectivity index (χ1n) is 16.7. The number of benzene rings is 2. The lowest BCUT2D eigenvalue weighted by molar-refractivity contribution is -0.143. The molecular weight excluding hydrogens is 616 g/mol. The molecule has 1 aliphatic heterocycles. The number of fused-ring (bicyclic) bond motifs is 1. The molecule has 4 rings (SSSR count). The van der Waals surface area contributed by atoms with Crippen LogP contribution in [0.2, 0.25) is 0 Å². The Bertz CT molecular complexity index is 1630. The van der Waals surface area contributed by atoms with Crippen LogP contribution in [0.3, 0.4) is 0 Å². The van der Waals surface area contributed by atoms with E-state index in [1.807, 2.05) is 13.8 Å². The number of hydrogen-bond donors (Lipinski definition) is 2. The van der Waals surface area contributed by atoms with Crippen molar-refractivity contribution in [3.05, 3.63) is 75.6 Å². The molecule has 1 amide bonds. The normalized spacial score (nSPS) is 15.2. The fraction of sp³-hybridized carbons (Fsp3) is 0.514. The smallest absolute Gasteiger partial charge is 0.343 e. The molecule has 0 bridgehead atoms. The van der Waals surface area contributed by atoms with Gasteiger partial charge in [-0.15, -0.1) is 0 Å². The van der Waals surface area contributed by atoms with Crippen molar-refractivity contribution in [3.63, 3.8) is 0 Å². The summed E-state index contributed by atoms with van der Waals surface area (Å²) in [6, 6.07) is 5.06. The van der Waals surface area contributed by atoms with E-state index in [1.54, 1.807) is 46.0 Å². The van der Waals surface area contributed by atoms with Crippen molar-refractivity contribution in [2.24, 2.45) is 5.92 Å². The molecule has 2 atom stereocenters. The fourth-order valence-corrected chi connectivity index (χ4v) is 6.76. The van der Waals surface area contributed by atoms with Gasteiger partial charge in [-0.25, -0.2) is 13.6 Å². The van der Waals surface area contributed by atoms with Crippen LogP contribution < -0.4 is 10.6 Å². The second-order valence-corrected chi connectivity index (χ2v) is 13.7. The molecular formula is C37H49F2N5O4. The molecule has 0 fully saturated rings. The zero-order valence-electron chi connectivity index (χ0n) is 29.4. The number of aromatic nitrogens is 2. The van der Waals surface area contributed by atoms with Crippen LogP contribution in [0, 0.1) is 38.3 Å². The molecule has 0 saturated heterocycles. The largest absolute Gasteiger partial charge is 0.466 e. The number of amides is 1. The van der Waals surface area contributed by atoms with E-state index in [1.165, 1.54) is 16.8 Å². The van der Waals surface area contributed by atoms with Gasteiger partial charge < -0.3 is 20.2 Å². The van der Waals surface area contributed by atoms with Crippen LogP contribution >= 0.6 is 0 Å². The lowest BCUT2D eigenvalue weighted by Gasteiger charge is -2.34. The SMILES string of the molecule is CCOC(=O)C[C@H](NC[C@@](C=O)(CC(C)C)NC(=O)n1ncc2c1CN(C(C)C)CC2)c1cc(-c2c(C)cc(F)cc2C)cc(C)c1F. The third-order valence-corrected chi connectivity index (χ3v) is 9.04. The van der Waals surface area contributed by atoms with Crippen LogP contribution in [-0.2, 0) is 27.3 Å². The van der Waals surface area contributed by atoms with Gasteiger partial charge in [0.2, 0.25) is 0 Å². The number of aryl methyl sites for hydroxylation is 3. The molecule has 0 aliphatic carbocycles. The summed E-state index contributed by atoms with van der Waals surface area (Å²) in [7, 11) is 0. The van der Waals surface area contributed by atoms with E-state index in [-0.39, 0.29) is 43.3 Å². The van der Waals surface area contributed by atoms with Gasteiger partial charge in [-0.2, -0.15) is 9.78 Å². The second-order valence-electron chi connectivity index (χ2n) is 13.7. The molecule has 1 aromatic heterocycles. The monoisotopic (exact) mass is 665 g/mol. The summed E-state index contributed by atoms with van der Waals surface area (Å²) in [4.78, 5) is 41.9. The Balaban J connectivity index is 1.70. The van der Waals surface area contributed by atoms with Gasteiger partial charge in [0, 0.05) is 37.3 Å². The van der Waals surface area contributed by atoms with Crippen molar-refractivity contribution >= 4 is 18.3 Å². The molecule has 48 heavy (non-hydrogen) atoms. The maximum absolute atomic E-state index is 16.0. The van der Waals surface area contributed by atoms with Crippen LogP contribution in [0.5, 0.6) is 0 Å². The van der Waals surface area contributed by atoms with Gasteiger partial charge in [0.05, 0.1) is 24.9 Å². The average Bonchev–Trinajstić information content (AvgIpc) is 3.44. The van der Waals surface area contributed by atoms with E-state index in [4.69, 9.17) is 4.74 Å². The highest BCUT2D eigenvalue weighted by Crippen LogP contribution is 2.34. The summed E-state index contributed by atoms with van der Waals surface area (Å²) in [5.41, 5.74) is 3.74. The van der Waals surface area contributed by atoms with E-state index in [0.29, 0.717) is 41.1 Å². The Morgan fingerprint density at radius 1 is 1.06 bits per heavy atom. The molecule has 11 heteroatoms. The fourth-order valence-electron chi connectivity index (χ4n) is 6.76. The number of carbonyl (C=O) groups excluding carboxylic acids is 3. The van der Waals surface area contributed by atoms with E-state index >= 15 is 4.39 Å². The number of carbonyl (C=O) groups is 3. The van der Waals surface area contributed by atoms with Gasteiger partial charge in [-0.3, -0.25) is 9.69 Å². The van der Waals surface area contributed by atoms with Crippen molar-refractivity contribution in [3.8, 4) is 11.1 Å². The molecule has 2 heterocycles. The summed E-state index contributed by atoms with van der Waals surface area (Å²) >= 11 is 0. The standard InChI is InChI=1S/C37H49F2N5O4/c1-9-48-33(46)16-31(30-15-28(12-26(8)35(30)39)34-24(6)13-29(38)14-25(34)7)40-20-37(21-45,17-22(2)3)42-36(47)44-32-19-43(23(4)5)11-10-27(32)18-41-44/h12-15,18,21-23,31,40H,9-11,16-17,19-20H2,1-8H3,(H,42,47)/t31-,37+/m0/s1. The highest BCUT2D eigenvalue weighted by molar-refractivity contribution is 5.82. The maximum atomic E-state index is 16.0. The summed E-state index contributed by atoms with van der Waals surface area (Å²) in [5, 5.41) is 10.6. The first kappa shape index (κ1) is 36.9. The number of nitrogens with zero attached hydrogens (tertiary/aromatic N) is 3. The molecule has 0 saturated carbocycles. The number of aldehydes is 1. The van der Waals surface area contributed by atoms with Crippen LogP contribution in [-0.4, -0.2) is 64.2 Å². The lowest BCUT2D eigenvalue weighted by Crippen LogP contribution is -2.58. The van der Waals surface area contributed by atoms with E-state index in [9.17, 15) is 18.8 Å². The predicted molar refractivity (Wildman–Crippen MR) is 182 cm³/mol. The van der Waals surface area contributed by atoms with Crippen molar-refractivity contribution in [2.75, 3.05) is 19.7 Å². The number of halogens is 2. The average molecular weight is 666 g/mol. The first-order valence-corrected chi connectivity index (χ1v) is 16.7. The third-order valence-electron chi connectivity index (χ3n) is 9.04. The molecule has 0 unspecified atom stereocenters. The second kappa shape index (κ2) is 15.5. The van der Waals surface area contributed by atoms with Gasteiger partial charge in [0.25, 0.3) is 0 Å². The predicted octanol–water partition coefficient (Wildman–Crippen LogP) is 6.35. The maximum Gasteiger partial charge on any atom is 0.343 e. The number of esters is 1. The Morgan fingerprint density at radius 3 is 2.35 bits per heavy atom. The Labute approximate surface area is 282 Å². The third kappa shape index (κ3) is 8.36. The molecule has 260 valence electrons. The number of ether oxygens (including phenoxy) is 1. The summed E-state index contributed by atoms with van der Waals surface area (Å²) < 4.78 is 36.7. The highest BCUT2D eigenvalue weighted by Gasteiger charge is 2.36. The minimum atomic E-state index is -1.41. The van der Waals surface area contributed by atoms with Crippen LogP contribution in [0.25, 0.3) is 11.1 Å². The molecule has 2 aromatic carbocycles. The van der Waals surface area contributed by atoms with Crippen molar-refractivity contribution < 1.29 is 27.9 Å². The Kier molecular flexibility index (Phi) is 11.9. The molecule has 0 spiro atoms. The molecule has 0 radical (unpaired) electrons. The molecule has 1 aliphatic rings. The molecule has 9 nitrogen and oxygen atoms in total. The van der Waals surface area contributed by atoms with Crippen molar-refractivity contribution in [2.45, 2.75) is 98.8 Å². The van der Waals surface area contributed by atoms with Crippen molar-refractivity contribution in [1.82, 2.24) is 25.3 Å². The van der Waals surface area contributed by atoms with Gasteiger partial charge in [-0.1, -0.05) is 13.8 Å². The van der Waals surface area contributed by atoms with E-state index in [0.717, 1.165) is 29.8 Å². The topological polar surface area (TPSA) is 106 Å². The summed E-state index contributed by atoms with van der Waals surface area (Å²) in [6.07, 6.45) is 3.23. The summed E-state index contributed by atoms with van der Waals surface area (Å²) in [5.74, 6) is -1.43. The van der Waals surface area contributed by atoms with E-state index in [2.05, 4.69) is 34.5 Å². The van der Waals surface area contributed by atoms with E-state index < -0.39 is 29.4 Å². The van der Waals surface area contributed by atoms with Crippen LogP contribution in [0.1, 0.15) is 87.0 Å².